The predicted molar refractivity (Wildman–Crippen MR) is 105 cm³/mol. The van der Waals surface area contributed by atoms with Gasteiger partial charge in [0.2, 0.25) is 0 Å². The van der Waals surface area contributed by atoms with E-state index in [0.29, 0.717) is 0 Å². The highest BCUT2D eigenvalue weighted by Gasteiger charge is 2.10. The molecule has 25 heavy (non-hydrogen) atoms. The third-order valence-corrected chi connectivity index (χ3v) is 4.65. The lowest BCUT2D eigenvalue weighted by molar-refractivity contribution is 0.475. The van der Waals surface area contributed by atoms with Gasteiger partial charge in [0.1, 0.15) is 0 Å². The van der Waals surface area contributed by atoms with Gasteiger partial charge in [-0.05, 0) is 50.8 Å². The Balaban J connectivity index is 2.05. The number of nitrogens with zero attached hydrogens (tertiary/aromatic N) is 4. The highest BCUT2D eigenvalue weighted by Crippen LogP contribution is 2.13. The summed E-state index contributed by atoms with van der Waals surface area (Å²) in [7, 11) is 4.09. The van der Waals surface area contributed by atoms with E-state index in [1.165, 1.54) is 22.4 Å². The summed E-state index contributed by atoms with van der Waals surface area (Å²) >= 11 is 0. The summed E-state index contributed by atoms with van der Waals surface area (Å²) < 4.78 is 1.95. The molecule has 5 nitrogen and oxygen atoms in total. The van der Waals surface area contributed by atoms with E-state index >= 15 is 0 Å². The number of aryl methyl sites for hydroxylation is 3. The molecule has 1 N–H and O–H groups in total. The van der Waals surface area contributed by atoms with Crippen LogP contribution in [0.5, 0.6) is 0 Å². The summed E-state index contributed by atoms with van der Waals surface area (Å²) in [5, 5.41) is 7.89. The largest absolute Gasteiger partial charge is 0.357 e. The second-order valence-electron chi connectivity index (χ2n) is 6.54. The highest BCUT2D eigenvalue weighted by molar-refractivity contribution is 5.79. The maximum Gasteiger partial charge on any atom is 0.193 e. The number of benzene rings is 1. The first kappa shape index (κ1) is 19.0. The summed E-state index contributed by atoms with van der Waals surface area (Å²) in [5.74, 6) is 0.949. The van der Waals surface area contributed by atoms with E-state index in [-0.39, 0.29) is 0 Å². The van der Waals surface area contributed by atoms with Gasteiger partial charge >= 0.3 is 0 Å². The number of hydrogen-bond donors (Lipinski definition) is 1. The lowest BCUT2D eigenvalue weighted by atomic mass is 10.1. The van der Waals surface area contributed by atoms with Crippen molar-refractivity contribution in [3.8, 4) is 0 Å². The van der Waals surface area contributed by atoms with E-state index in [4.69, 9.17) is 4.99 Å². The maximum absolute atomic E-state index is 4.82. The Morgan fingerprint density at radius 1 is 1.24 bits per heavy atom. The van der Waals surface area contributed by atoms with Crippen LogP contribution in [0.25, 0.3) is 0 Å². The molecule has 2 rings (SSSR count). The summed E-state index contributed by atoms with van der Waals surface area (Å²) in [5.41, 5.74) is 6.28. The lowest BCUT2D eigenvalue weighted by Crippen LogP contribution is -2.38. The molecule has 0 aliphatic rings. The molecule has 0 saturated carbocycles. The fourth-order valence-corrected chi connectivity index (χ4v) is 3.04. The molecule has 0 saturated heterocycles. The summed E-state index contributed by atoms with van der Waals surface area (Å²) in [6, 6.07) is 8.50. The molecule has 1 heterocycles. The van der Waals surface area contributed by atoms with Gasteiger partial charge in [-0.2, -0.15) is 5.10 Å². The normalized spacial score (nSPS) is 11.7. The average molecular weight is 342 g/mol. The first-order valence-electron chi connectivity index (χ1n) is 8.97. The number of guanidine groups is 1. The topological polar surface area (TPSA) is 45.5 Å². The molecule has 0 fully saturated rings. The Morgan fingerprint density at radius 3 is 2.56 bits per heavy atom. The van der Waals surface area contributed by atoms with Crippen LogP contribution in [-0.4, -0.2) is 40.8 Å². The Labute approximate surface area is 151 Å². The molecule has 2 aromatic rings. The van der Waals surface area contributed by atoms with Crippen molar-refractivity contribution < 1.29 is 0 Å². The lowest BCUT2D eigenvalue weighted by Gasteiger charge is -2.23. The third-order valence-electron chi connectivity index (χ3n) is 4.65. The van der Waals surface area contributed by atoms with Gasteiger partial charge in [-0.1, -0.05) is 24.3 Å². The number of aliphatic imine (C=N–C) groups is 1. The van der Waals surface area contributed by atoms with Gasteiger partial charge in [-0.15, -0.1) is 0 Å². The van der Waals surface area contributed by atoms with Crippen molar-refractivity contribution in [1.29, 1.82) is 0 Å². The highest BCUT2D eigenvalue weighted by atomic mass is 15.3. The van der Waals surface area contributed by atoms with Crippen LogP contribution in [0.2, 0.25) is 0 Å². The van der Waals surface area contributed by atoms with E-state index in [1.807, 2.05) is 11.7 Å². The van der Waals surface area contributed by atoms with Crippen molar-refractivity contribution in [2.24, 2.45) is 12.0 Å². The zero-order valence-corrected chi connectivity index (χ0v) is 16.4. The molecule has 0 aliphatic carbocycles. The molecule has 0 unspecified atom stereocenters. The van der Waals surface area contributed by atoms with Crippen molar-refractivity contribution in [2.45, 2.75) is 40.7 Å². The van der Waals surface area contributed by atoms with Gasteiger partial charge in [0, 0.05) is 39.4 Å². The standard InChI is InChI=1S/C20H31N5/c1-7-21-20(24(5)14-18-11-9-8-10-15(18)2)22-13-12-19-16(3)23-25(6)17(19)4/h8-11H,7,12-14H2,1-6H3,(H,21,22). The molecule has 0 spiro atoms. The van der Waals surface area contributed by atoms with Gasteiger partial charge in [0.25, 0.3) is 0 Å². The Kier molecular flexibility index (Phi) is 6.62. The monoisotopic (exact) mass is 341 g/mol. The smallest absolute Gasteiger partial charge is 0.193 e. The Hall–Kier alpha value is -2.30. The second kappa shape index (κ2) is 8.70. The molecule has 1 aromatic carbocycles. The number of hydrogen-bond acceptors (Lipinski definition) is 2. The van der Waals surface area contributed by atoms with Crippen molar-refractivity contribution >= 4 is 5.96 Å². The molecule has 0 amide bonds. The van der Waals surface area contributed by atoms with Crippen LogP contribution in [0, 0.1) is 20.8 Å². The van der Waals surface area contributed by atoms with Crippen LogP contribution in [0.15, 0.2) is 29.3 Å². The first-order chi connectivity index (χ1) is 11.9. The first-order valence-corrected chi connectivity index (χ1v) is 8.97. The molecule has 5 heteroatoms. The van der Waals surface area contributed by atoms with Crippen molar-refractivity contribution in [3.63, 3.8) is 0 Å². The van der Waals surface area contributed by atoms with Gasteiger partial charge < -0.3 is 10.2 Å². The van der Waals surface area contributed by atoms with Crippen molar-refractivity contribution in [2.75, 3.05) is 20.1 Å². The fraction of sp³-hybridized carbons (Fsp3) is 0.500. The Bertz CT molecular complexity index is 730. The molecule has 0 aliphatic heterocycles. The van der Waals surface area contributed by atoms with E-state index in [2.05, 4.69) is 74.3 Å². The molecule has 1 aromatic heterocycles. The van der Waals surface area contributed by atoms with Crippen LogP contribution in [-0.2, 0) is 20.0 Å². The summed E-state index contributed by atoms with van der Waals surface area (Å²) in [6.07, 6.45) is 0.915. The number of aromatic nitrogens is 2. The molecular formula is C20H31N5. The van der Waals surface area contributed by atoms with Gasteiger partial charge in [0.05, 0.1) is 5.69 Å². The molecular weight excluding hydrogens is 310 g/mol. The van der Waals surface area contributed by atoms with E-state index in [0.717, 1.165) is 37.7 Å². The minimum absolute atomic E-state index is 0.758. The van der Waals surface area contributed by atoms with Crippen LogP contribution in [0.4, 0.5) is 0 Å². The van der Waals surface area contributed by atoms with E-state index in [9.17, 15) is 0 Å². The van der Waals surface area contributed by atoms with Crippen LogP contribution < -0.4 is 5.32 Å². The summed E-state index contributed by atoms with van der Waals surface area (Å²) in [6.45, 7) is 10.9. The fourth-order valence-electron chi connectivity index (χ4n) is 3.04. The average Bonchev–Trinajstić information content (AvgIpc) is 2.82. The SMILES string of the molecule is CCNC(=NCCc1c(C)nn(C)c1C)N(C)Cc1ccccc1C. The molecule has 0 atom stereocenters. The Morgan fingerprint density at radius 2 is 1.96 bits per heavy atom. The van der Waals surface area contributed by atoms with Crippen molar-refractivity contribution in [3.05, 3.63) is 52.3 Å². The van der Waals surface area contributed by atoms with Crippen molar-refractivity contribution in [1.82, 2.24) is 20.0 Å². The maximum atomic E-state index is 4.82. The van der Waals surface area contributed by atoms with Crippen LogP contribution in [0.3, 0.4) is 0 Å². The molecule has 136 valence electrons. The quantitative estimate of drug-likeness (QED) is 0.649. The van der Waals surface area contributed by atoms with Crippen LogP contribution >= 0.6 is 0 Å². The van der Waals surface area contributed by atoms with E-state index < -0.39 is 0 Å². The second-order valence-corrected chi connectivity index (χ2v) is 6.54. The predicted octanol–water partition coefficient (Wildman–Crippen LogP) is 2.99. The third kappa shape index (κ3) is 4.84. The van der Waals surface area contributed by atoms with Gasteiger partial charge in [0.15, 0.2) is 5.96 Å². The van der Waals surface area contributed by atoms with E-state index in [1.54, 1.807) is 0 Å². The molecule has 0 radical (unpaired) electrons. The zero-order chi connectivity index (χ0) is 18.4. The summed E-state index contributed by atoms with van der Waals surface area (Å²) in [4.78, 5) is 7.01. The number of rotatable bonds is 6. The molecule has 0 bridgehead atoms. The van der Waals surface area contributed by atoms with Gasteiger partial charge in [-0.25, -0.2) is 0 Å². The minimum atomic E-state index is 0.758. The van der Waals surface area contributed by atoms with Crippen LogP contribution in [0.1, 0.15) is 35.0 Å². The zero-order valence-electron chi connectivity index (χ0n) is 16.4. The number of nitrogens with one attached hydrogen (secondary N) is 1. The minimum Gasteiger partial charge on any atom is -0.357 e. The van der Waals surface area contributed by atoms with Gasteiger partial charge in [-0.3, -0.25) is 9.67 Å².